The normalized spacial score (nSPS) is 24.2. The first-order chi connectivity index (χ1) is 17.5. The molecular weight excluding hydrogens is 454 g/mol. The van der Waals surface area contributed by atoms with Crippen LogP contribution in [0.1, 0.15) is 48.3 Å². The molecule has 2 atom stereocenters. The van der Waals surface area contributed by atoms with Crippen molar-refractivity contribution >= 4 is 6.09 Å². The van der Waals surface area contributed by atoms with Gasteiger partial charge in [0, 0.05) is 30.8 Å². The van der Waals surface area contributed by atoms with E-state index < -0.39 is 5.60 Å². The van der Waals surface area contributed by atoms with Gasteiger partial charge in [-0.3, -0.25) is 0 Å². The summed E-state index contributed by atoms with van der Waals surface area (Å²) in [5, 5.41) is 11.7. The van der Waals surface area contributed by atoms with Gasteiger partial charge in [0.1, 0.15) is 6.61 Å². The van der Waals surface area contributed by atoms with Crippen molar-refractivity contribution in [2.75, 3.05) is 20.8 Å². The zero-order valence-corrected chi connectivity index (χ0v) is 20.6. The van der Waals surface area contributed by atoms with Crippen molar-refractivity contribution in [1.29, 1.82) is 0 Å². The topological polar surface area (TPSA) is 68.2 Å². The maximum Gasteiger partial charge on any atom is 0.410 e. The van der Waals surface area contributed by atoms with Gasteiger partial charge in [0.25, 0.3) is 0 Å². The zero-order valence-electron chi connectivity index (χ0n) is 20.6. The quantitative estimate of drug-likeness (QED) is 0.519. The van der Waals surface area contributed by atoms with Crippen LogP contribution in [-0.2, 0) is 10.3 Å². The van der Waals surface area contributed by atoms with Crippen molar-refractivity contribution in [2.45, 2.75) is 49.3 Å². The highest BCUT2D eigenvalue weighted by Crippen LogP contribution is 2.48. The zero-order chi connectivity index (χ0) is 24.9. The van der Waals surface area contributed by atoms with E-state index in [1.165, 1.54) is 22.3 Å². The molecule has 2 saturated heterocycles. The summed E-state index contributed by atoms with van der Waals surface area (Å²) in [6.07, 6.45) is 2.40. The van der Waals surface area contributed by atoms with Crippen LogP contribution in [0.5, 0.6) is 11.5 Å². The molecule has 0 aromatic heterocycles. The Hall–Kier alpha value is -3.51. The fraction of sp³-hybridized carbons (Fsp3) is 0.367. The predicted molar refractivity (Wildman–Crippen MR) is 136 cm³/mol. The van der Waals surface area contributed by atoms with Gasteiger partial charge in [-0.1, -0.05) is 54.6 Å². The predicted octanol–water partition coefficient (Wildman–Crippen LogP) is 5.47. The second-order valence-electron chi connectivity index (χ2n) is 10.1. The molecule has 3 aliphatic rings. The van der Waals surface area contributed by atoms with Gasteiger partial charge in [-0.25, -0.2) is 4.79 Å². The number of carbonyl (C=O) groups excluding carboxylic acids is 1. The Morgan fingerprint density at radius 3 is 2.06 bits per heavy atom. The highest BCUT2D eigenvalue weighted by Gasteiger charge is 2.51. The molecule has 186 valence electrons. The summed E-state index contributed by atoms with van der Waals surface area (Å²) in [6, 6.07) is 22.2. The number of hydrogen-bond donors (Lipinski definition) is 1. The molecule has 1 aliphatic carbocycles. The van der Waals surface area contributed by atoms with Gasteiger partial charge in [0.15, 0.2) is 11.5 Å². The highest BCUT2D eigenvalue weighted by atomic mass is 16.6. The monoisotopic (exact) mass is 485 g/mol. The Morgan fingerprint density at radius 2 is 1.47 bits per heavy atom. The minimum Gasteiger partial charge on any atom is -0.493 e. The number of carbonyl (C=O) groups is 1. The molecule has 6 heteroatoms. The molecular formula is C30H31NO5. The molecule has 0 saturated carbocycles. The molecule has 2 bridgehead atoms. The number of amides is 1. The van der Waals surface area contributed by atoms with E-state index in [2.05, 4.69) is 36.4 Å². The van der Waals surface area contributed by atoms with Crippen LogP contribution in [0.15, 0.2) is 66.7 Å². The Morgan fingerprint density at radius 1 is 0.889 bits per heavy atom. The van der Waals surface area contributed by atoms with Crippen LogP contribution < -0.4 is 9.47 Å². The number of piperidine rings is 1. The van der Waals surface area contributed by atoms with Crippen molar-refractivity contribution in [3.8, 4) is 22.6 Å². The van der Waals surface area contributed by atoms with Gasteiger partial charge in [-0.2, -0.15) is 0 Å². The Bertz CT molecular complexity index is 1240. The Labute approximate surface area is 211 Å². The first-order valence-electron chi connectivity index (χ1n) is 12.6. The van der Waals surface area contributed by atoms with Crippen molar-refractivity contribution in [1.82, 2.24) is 4.90 Å². The standard InChI is InChI=1S/C30H31NO5/c1-34-27-14-11-19(15-28(27)35-2)30(33)16-20-12-13-21(17-30)31(20)29(32)36-18-26-24-9-5-3-7-22(24)23-8-4-6-10-25(23)26/h3-11,14-15,20-21,26,33H,12-13,16-18H2,1-2H3. The van der Waals surface area contributed by atoms with Crippen LogP contribution >= 0.6 is 0 Å². The summed E-state index contributed by atoms with van der Waals surface area (Å²) < 4.78 is 16.8. The number of methoxy groups -OCH3 is 2. The molecule has 3 aromatic rings. The van der Waals surface area contributed by atoms with Crippen molar-refractivity contribution in [2.24, 2.45) is 0 Å². The van der Waals surface area contributed by atoms with Crippen molar-refractivity contribution in [3.63, 3.8) is 0 Å². The van der Waals surface area contributed by atoms with Crippen LogP contribution in [-0.4, -0.2) is 49.0 Å². The molecule has 2 heterocycles. The lowest BCUT2D eigenvalue weighted by atomic mass is 9.80. The van der Waals surface area contributed by atoms with Gasteiger partial charge >= 0.3 is 6.09 Å². The van der Waals surface area contributed by atoms with Crippen LogP contribution in [0.4, 0.5) is 4.79 Å². The highest BCUT2D eigenvalue weighted by molar-refractivity contribution is 5.79. The molecule has 36 heavy (non-hydrogen) atoms. The van der Waals surface area contributed by atoms with Crippen LogP contribution in [0, 0.1) is 0 Å². The first kappa shape index (κ1) is 22.9. The average Bonchev–Trinajstić information content (AvgIpc) is 3.38. The lowest BCUT2D eigenvalue weighted by molar-refractivity contribution is -0.0532. The van der Waals surface area contributed by atoms with E-state index in [1.54, 1.807) is 14.2 Å². The van der Waals surface area contributed by atoms with Gasteiger partial charge in [-0.05, 0) is 52.8 Å². The van der Waals surface area contributed by atoms with Crippen LogP contribution in [0.25, 0.3) is 11.1 Å². The van der Waals surface area contributed by atoms with Crippen LogP contribution in [0.2, 0.25) is 0 Å². The van der Waals surface area contributed by atoms with E-state index in [9.17, 15) is 9.90 Å². The van der Waals surface area contributed by atoms with E-state index in [1.807, 2.05) is 35.2 Å². The Kier molecular flexibility index (Phi) is 5.64. The summed E-state index contributed by atoms with van der Waals surface area (Å²) in [5.74, 6) is 1.26. The van der Waals surface area contributed by atoms with E-state index in [0.29, 0.717) is 30.9 Å². The van der Waals surface area contributed by atoms with Gasteiger partial charge in [-0.15, -0.1) is 0 Å². The number of aliphatic hydroxyl groups is 1. The number of hydrogen-bond acceptors (Lipinski definition) is 5. The smallest absolute Gasteiger partial charge is 0.410 e. The van der Waals surface area contributed by atoms with Crippen molar-refractivity contribution < 1.29 is 24.1 Å². The molecule has 6 nitrogen and oxygen atoms in total. The molecule has 1 amide bonds. The summed E-state index contributed by atoms with van der Waals surface area (Å²) in [5.41, 5.74) is 4.61. The number of ether oxygens (including phenoxy) is 3. The number of nitrogens with zero attached hydrogens (tertiary/aromatic N) is 1. The molecule has 2 fully saturated rings. The molecule has 2 aliphatic heterocycles. The third kappa shape index (κ3) is 3.63. The first-order valence-corrected chi connectivity index (χ1v) is 12.6. The second kappa shape index (κ2) is 8.86. The fourth-order valence-corrected chi connectivity index (χ4v) is 6.55. The average molecular weight is 486 g/mol. The summed E-state index contributed by atoms with van der Waals surface area (Å²) in [4.78, 5) is 15.2. The van der Waals surface area contributed by atoms with Crippen molar-refractivity contribution in [3.05, 3.63) is 83.4 Å². The number of rotatable bonds is 5. The minimum absolute atomic E-state index is 0.0347. The fourth-order valence-electron chi connectivity index (χ4n) is 6.55. The van der Waals surface area contributed by atoms with E-state index in [4.69, 9.17) is 14.2 Å². The Balaban J connectivity index is 1.18. The van der Waals surface area contributed by atoms with Gasteiger partial charge in [0.2, 0.25) is 0 Å². The lowest BCUT2D eigenvalue weighted by Gasteiger charge is -2.43. The molecule has 6 rings (SSSR count). The largest absolute Gasteiger partial charge is 0.493 e. The van der Waals surface area contributed by atoms with E-state index in [-0.39, 0.29) is 24.1 Å². The minimum atomic E-state index is -1.02. The molecule has 2 unspecified atom stereocenters. The number of fused-ring (bicyclic) bond motifs is 5. The van der Waals surface area contributed by atoms with Gasteiger partial charge < -0.3 is 24.2 Å². The molecule has 1 N–H and O–H groups in total. The second-order valence-corrected chi connectivity index (χ2v) is 10.1. The van der Waals surface area contributed by atoms with E-state index >= 15 is 0 Å². The maximum absolute atomic E-state index is 13.4. The summed E-state index contributed by atoms with van der Waals surface area (Å²) in [7, 11) is 3.19. The molecule has 3 aromatic carbocycles. The molecule has 0 spiro atoms. The summed E-state index contributed by atoms with van der Waals surface area (Å²) >= 11 is 0. The number of benzene rings is 3. The molecule has 0 radical (unpaired) electrons. The third-order valence-electron chi connectivity index (χ3n) is 8.23. The van der Waals surface area contributed by atoms with Gasteiger partial charge in [0.05, 0.1) is 19.8 Å². The summed E-state index contributed by atoms with van der Waals surface area (Å²) in [6.45, 7) is 0.308. The lowest BCUT2D eigenvalue weighted by Crippen LogP contribution is -2.52. The van der Waals surface area contributed by atoms with E-state index in [0.717, 1.165) is 18.4 Å². The SMILES string of the molecule is COc1ccc(C2(O)CC3CCC(C2)N3C(=O)OCC2c3ccccc3-c3ccccc32)cc1OC. The maximum atomic E-state index is 13.4. The third-order valence-corrected chi connectivity index (χ3v) is 8.23. The van der Waals surface area contributed by atoms with Crippen LogP contribution in [0.3, 0.4) is 0 Å².